The van der Waals surface area contributed by atoms with Crippen LogP contribution in [0.2, 0.25) is 0 Å². The number of anilines is 1. The molecule has 0 unspecified atom stereocenters. The van der Waals surface area contributed by atoms with Crippen molar-refractivity contribution in [2.24, 2.45) is 7.05 Å². The summed E-state index contributed by atoms with van der Waals surface area (Å²) in [6.07, 6.45) is 1.48. The van der Waals surface area contributed by atoms with E-state index >= 15 is 0 Å². The summed E-state index contributed by atoms with van der Waals surface area (Å²) in [6.45, 7) is 3.39. The number of halogens is 2. The smallest absolute Gasteiger partial charge is 0.288 e. The van der Waals surface area contributed by atoms with Crippen molar-refractivity contribution in [2.45, 2.75) is 0 Å². The molecular formula is C8H7BrClN3O2. The van der Waals surface area contributed by atoms with E-state index in [1.807, 2.05) is 0 Å². The van der Waals surface area contributed by atoms with Crippen molar-refractivity contribution in [3.8, 4) is 0 Å². The van der Waals surface area contributed by atoms with Crippen molar-refractivity contribution >= 4 is 44.5 Å². The number of imidazole rings is 1. The molecule has 5 nitrogen and oxygen atoms in total. The van der Waals surface area contributed by atoms with Gasteiger partial charge in [-0.2, -0.15) is 0 Å². The minimum Gasteiger partial charge on any atom is -0.328 e. The zero-order valence-corrected chi connectivity index (χ0v) is 10.1. The van der Waals surface area contributed by atoms with Crippen LogP contribution in [0.1, 0.15) is 10.6 Å². The van der Waals surface area contributed by atoms with Crippen molar-refractivity contribution in [1.82, 2.24) is 9.55 Å². The van der Waals surface area contributed by atoms with Gasteiger partial charge in [0.1, 0.15) is 0 Å². The quantitative estimate of drug-likeness (QED) is 0.680. The van der Waals surface area contributed by atoms with E-state index < -0.39 is 11.1 Å². The van der Waals surface area contributed by atoms with E-state index in [1.54, 1.807) is 7.05 Å². The number of nitrogens with zero attached hydrogens (tertiary/aromatic N) is 2. The van der Waals surface area contributed by atoms with Crippen LogP contribution in [0.5, 0.6) is 0 Å². The number of nitrogens with one attached hydrogen (secondary N) is 1. The minimum atomic E-state index is -0.685. The van der Waals surface area contributed by atoms with Gasteiger partial charge in [0.25, 0.3) is 11.1 Å². The van der Waals surface area contributed by atoms with Crippen LogP contribution < -0.4 is 5.32 Å². The summed E-state index contributed by atoms with van der Waals surface area (Å²) in [4.78, 5) is 25.8. The Labute approximate surface area is 99.2 Å². The maximum absolute atomic E-state index is 11.2. The van der Waals surface area contributed by atoms with Crippen molar-refractivity contribution in [3.63, 3.8) is 0 Å². The summed E-state index contributed by atoms with van der Waals surface area (Å²) >= 11 is 8.18. The molecule has 1 aromatic heterocycles. The monoisotopic (exact) mass is 291 g/mol. The average Bonchev–Trinajstić information content (AvgIpc) is 2.46. The molecule has 0 aliphatic carbocycles. The number of carbonyl (C=O) groups excluding carboxylic acids is 2. The van der Waals surface area contributed by atoms with Crippen LogP contribution in [-0.2, 0) is 11.8 Å². The van der Waals surface area contributed by atoms with Gasteiger partial charge in [0.15, 0.2) is 11.6 Å². The van der Waals surface area contributed by atoms with Gasteiger partial charge in [-0.3, -0.25) is 9.59 Å². The average molecular weight is 293 g/mol. The van der Waals surface area contributed by atoms with E-state index in [4.69, 9.17) is 11.6 Å². The Morgan fingerprint density at radius 1 is 1.67 bits per heavy atom. The molecule has 0 aliphatic heterocycles. The lowest BCUT2D eigenvalue weighted by Crippen LogP contribution is -2.10. The van der Waals surface area contributed by atoms with Crippen LogP contribution in [0.15, 0.2) is 17.3 Å². The predicted octanol–water partition coefficient (Wildman–Crippen LogP) is 1.65. The maximum Gasteiger partial charge on any atom is 0.288 e. The normalized spacial score (nSPS) is 9.80. The van der Waals surface area contributed by atoms with E-state index in [9.17, 15) is 9.59 Å². The molecule has 1 heterocycles. The van der Waals surface area contributed by atoms with Gasteiger partial charge in [0, 0.05) is 13.2 Å². The number of carbonyl (C=O) groups is 2. The van der Waals surface area contributed by atoms with Crippen LogP contribution >= 0.6 is 27.5 Å². The van der Waals surface area contributed by atoms with Crippen molar-refractivity contribution < 1.29 is 9.59 Å². The Hall–Kier alpha value is -1.14. The lowest BCUT2D eigenvalue weighted by atomic mass is 10.5. The van der Waals surface area contributed by atoms with E-state index in [-0.39, 0.29) is 16.1 Å². The van der Waals surface area contributed by atoms with Crippen LogP contribution in [0.25, 0.3) is 0 Å². The highest BCUT2D eigenvalue weighted by Crippen LogP contribution is 2.11. The number of hydrogen-bond donors (Lipinski definition) is 1. The van der Waals surface area contributed by atoms with Gasteiger partial charge in [0.2, 0.25) is 0 Å². The number of amides is 1. The molecule has 15 heavy (non-hydrogen) atoms. The Morgan fingerprint density at radius 2 is 2.27 bits per heavy atom. The molecule has 0 radical (unpaired) electrons. The second kappa shape index (κ2) is 4.59. The molecule has 1 N–H and O–H groups in total. The molecule has 1 amide bonds. The second-order valence-corrected chi connectivity index (χ2v) is 3.99. The molecule has 1 aromatic rings. The molecule has 0 saturated carbocycles. The zero-order valence-electron chi connectivity index (χ0n) is 7.75. The highest BCUT2D eigenvalue weighted by atomic mass is 79.9. The molecular weight excluding hydrogens is 285 g/mol. The van der Waals surface area contributed by atoms with Gasteiger partial charge in [-0.25, -0.2) is 4.98 Å². The van der Waals surface area contributed by atoms with Crippen molar-refractivity contribution in [1.29, 1.82) is 0 Å². The number of aryl methyl sites for hydroxylation is 1. The predicted molar refractivity (Wildman–Crippen MR) is 60.1 cm³/mol. The third kappa shape index (κ3) is 2.90. The van der Waals surface area contributed by atoms with Crippen LogP contribution in [0, 0.1) is 0 Å². The summed E-state index contributed by atoms with van der Waals surface area (Å²) in [5, 5.41) is 1.74. The van der Waals surface area contributed by atoms with E-state index in [2.05, 4.69) is 32.8 Å². The molecule has 0 fully saturated rings. The molecule has 0 spiro atoms. The first-order valence-electron chi connectivity index (χ1n) is 3.80. The first-order valence-corrected chi connectivity index (χ1v) is 4.98. The highest BCUT2D eigenvalue weighted by Gasteiger charge is 2.13. The molecule has 0 aromatic carbocycles. The van der Waals surface area contributed by atoms with Gasteiger partial charge in [0.05, 0.1) is 4.48 Å². The van der Waals surface area contributed by atoms with E-state index in [0.29, 0.717) is 0 Å². The third-order valence-electron chi connectivity index (χ3n) is 1.54. The first kappa shape index (κ1) is 11.9. The van der Waals surface area contributed by atoms with Crippen molar-refractivity contribution in [3.05, 3.63) is 23.1 Å². The highest BCUT2D eigenvalue weighted by molar-refractivity contribution is 9.12. The standard InChI is InChI=1S/C8H7BrClN3O2/c1-4(9)8(15)12-5-3-13(2)7(11-5)6(10)14/h3H,1H2,2H3,(H,12,15). The Morgan fingerprint density at radius 3 is 2.67 bits per heavy atom. The van der Waals surface area contributed by atoms with Gasteiger partial charge in [-0.1, -0.05) is 6.58 Å². The third-order valence-corrected chi connectivity index (χ3v) is 2.07. The fraction of sp³-hybridized carbons (Fsp3) is 0.125. The fourth-order valence-corrected chi connectivity index (χ4v) is 1.17. The van der Waals surface area contributed by atoms with Gasteiger partial charge < -0.3 is 9.88 Å². The summed E-state index contributed by atoms with van der Waals surface area (Å²) in [7, 11) is 1.60. The molecule has 1 rings (SSSR count). The Kier molecular flexibility index (Phi) is 3.65. The zero-order chi connectivity index (χ0) is 11.6. The number of aromatic nitrogens is 2. The molecule has 7 heteroatoms. The SMILES string of the molecule is C=C(Br)C(=O)Nc1cn(C)c(C(=O)Cl)n1. The number of hydrogen-bond acceptors (Lipinski definition) is 3. The first-order chi connectivity index (χ1) is 6.91. The van der Waals surface area contributed by atoms with Gasteiger partial charge in [-0.05, 0) is 27.5 Å². The second-order valence-electron chi connectivity index (χ2n) is 2.69. The summed E-state index contributed by atoms with van der Waals surface area (Å²) in [5.41, 5.74) is 0. The van der Waals surface area contributed by atoms with Gasteiger partial charge >= 0.3 is 0 Å². The summed E-state index contributed by atoms with van der Waals surface area (Å²) in [5.74, 6) is -0.124. The lowest BCUT2D eigenvalue weighted by molar-refractivity contribution is -0.112. The molecule has 0 atom stereocenters. The molecule has 0 saturated heterocycles. The van der Waals surface area contributed by atoms with Crippen molar-refractivity contribution in [2.75, 3.05) is 5.32 Å². The summed E-state index contributed by atoms with van der Waals surface area (Å²) in [6, 6.07) is 0. The van der Waals surface area contributed by atoms with Crippen LogP contribution in [0.3, 0.4) is 0 Å². The van der Waals surface area contributed by atoms with E-state index in [0.717, 1.165) is 0 Å². The summed E-state index contributed by atoms with van der Waals surface area (Å²) < 4.78 is 1.59. The maximum atomic E-state index is 11.2. The van der Waals surface area contributed by atoms with Crippen LogP contribution in [-0.4, -0.2) is 20.7 Å². The molecule has 0 aliphatic rings. The lowest BCUT2D eigenvalue weighted by Gasteiger charge is -1.97. The van der Waals surface area contributed by atoms with E-state index in [1.165, 1.54) is 10.8 Å². The van der Waals surface area contributed by atoms with Gasteiger partial charge in [-0.15, -0.1) is 0 Å². The Balaban J connectivity index is 2.89. The Bertz CT molecular complexity index is 441. The number of rotatable bonds is 3. The fourth-order valence-electron chi connectivity index (χ4n) is 0.893. The largest absolute Gasteiger partial charge is 0.328 e. The topological polar surface area (TPSA) is 64.0 Å². The molecule has 80 valence electrons. The minimum absolute atomic E-state index is 0.0622. The molecule has 0 bridgehead atoms. The van der Waals surface area contributed by atoms with Crippen LogP contribution in [0.4, 0.5) is 5.82 Å².